The quantitative estimate of drug-likeness (QED) is 0.329. The van der Waals surface area contributed by atoms with Gasteiger partial charge >= 0.3 is 5.97 Å². The SMILES string of the molecule is CCOC(=O)c1cn(-c2cc(I)c(F)cc2Br)c(=O)c(CC)c1CC#N. The van der Waals surface area contributed by atoms with Gasteiger partial charge in [0.25, 0.3) is 5.56 Å². The Bertz CT molecular complexity index is 966. The van der Waals surface area contributed by atoms with Crippen molar-refractivity contribution in [2.75, 3.05) is 6.61 Å². The summed E-state index contributed by atoms with van der Waals surface area (Å²) in [5, 5.41) is 9.10. The molecule has 0 radical (unpaired) electrons. The number of carbonyl (C=O) groups is 1. The van der Waals surface area contributed by atoms with Gasteiger partial charge < -0.3 is 4.74 Å². The van der Waals surface area contributed by atoms with Crippen LogP contribution in [0.2, 0.25) is 0 Å². The summed E-state index contributed by atoms with van der Waals surface area (Å²) in [5.41, 5.74) is 0.959. The van der Waals surface area contributed by atoms with Gasteiger partial charge in [-0.25, -0.2) is 9.18 Å². The molecule has 1 heterocycles. The second-order valence-corrected chi connectivity index (χ2v) is 7.32. The normalized spacial score (nSPS) is 10.5. The van der Waals surface area contributed by atoms with E-state index in [2.05, 4.69) is 15.9 Å². The molecule has 0 atom stereocenters. The number of carbonyl (C=O) groups excluding carboxylic acids is 1. The van der Waals surface area contributed by atoms with Crippen LogP contribution in [0.15, 0.2) is 27.6 Å². The standard InChI is InChI=1S/C18H15BrFIN2O3/c1-3-10-11(5-6-22)12(18(25)26-4-2)9-23(17(10)24)16-8-15(21)14(20)7-13(16)19/h7-9H,3-5H2,1-2H3. The molecule has 0 bridgehead atoms. The fourth-order valence-electron chi connectivity index (χ4n) is 2.61. The maximum absolute atomic E-state index is 13.8. The molecule has 136 valence electrons. The second-order valence-electron chi connectivity index (χ2n) is 5.30. The Balaban J connectivity index is 2.86. The van der Waals surface area contributed by atoms with Gasteiger partial charge in [-0.3, -0.25) is 9.36 Å². The number of aromatic nitrogens is 1. The summed E-state index contributed by atoms with van der Waals surface area (Å²) in [6.07, 6.45) is 1.63. The Kier molecular flexibility index (Phi) is 6.94. The van der Waals surface area contributed by atoms with Crippen LogP contribution >= 0.6 is 38.5 Å². The molecule has 2 rings (SSSR count). The van der Waals surface area contributed by atoms with Crippen LogP contribution in [-0.4, -0.2) is 17.1 Å². The smallest absolute Gasteiger partial charge is 0.339 e. The lowest BCUT2D eigenvalue weighted by molar-refractivity contribution is 0.0524. The lowest BCUT2D eigenvalue weighted by Gasteiger charge is -2.16. The Morgan fingerprint density at radius 1 is 1.38 bits per heavy atom. The molecular weight excluding hydrogens is 518 g/mol. The van der Waals surface area contributed by atoms with Gasteiger partial charge in [-0.15, -0.1) is 0 Å². The van der Waals surface area contributed by atoms with E-state index in [-0.39, 0.29) is 24.2 Å². The minimum Gasteiger partial charge on any atom is -0.462 e. The lowest BCUT2D eigenvalue weighted by Crippen LogP contribution is -2.27. The first-order valence-corrected chi connectivity index (χ1v) is 9.69. The van der Waals surface area contributed by atoms with Crippen LogP contribution in [0.1, 0.15) is 35.3 Å². The average Bonchev–Trinajstić information content (AvgIpc) is 2.59. The highest BCUT2D eigenvalue weighted by atomic mass is 127. The third-order valence-corrected chi connectivity index (χ3v) is 5.24. The van der Waals surface area contributed by atoms with E-state index >= 15 is 0 Å². The number of hydrogen-bond donors (Lipinski definition) is 0. The number of rotatable bonds is 5. The van der Waals surface area contributed by atoms with Gasteiger partial charge in [-0.1, -0.05) is 6.92 Å². The number of hydrogen-bond acceptors (Lipinski definition) is 4. The van der Waals surface area contributed by atoms with Crippen molar-refractivity contribution >= 4 is 44.5 Å². The van der Waals surface area contributed by atoms with E-state index < -0.39 is 11.8 Å². The van der Waals surface area contributed by atoms with Gasteiger partial charge in [0.05, 0.1) is 33.9 Å². The van der Waals surface area contributed by atoms with E-state index in [4.69, 9.17) is 10.00 Å². The summed E-state index contributed by atoms with van der Waals surface area (Å²) in [6, 6.07) is 4.77. The van der Waals surface area contributed by atoms with Gasteiger partial charge in [0, 0.05) is 16.2 Å². The maximum Gasteiger partial charge on any atom is 0.339 e. The van der Waals surface area contributed by atoms with Crippen molar-refractivity contribution in [2.45, 2.75) is 26.7 Å². The minimum atomic E-state index is -0.603. The maximum atomic E-state index is 13.8. The highest BCUT2D eigenvalue weighted by Crippen LogP contribution is 2.26. The number of esters is 1. The average molecular weight is 533 g/mol. The van der Waals surface area contributed by atoms with E-state index in [1.165, 1.54) is 22.9 Å². The number of pyridine rings is 1. The summed E-state index contributed by atoms with van der Waals surface area (Å²) in [5.74, 6) is -1.02. The molecule has 0 aliphatic carbocycles. The van der Waals surface area contributed by atoms with E-state index in [1.54, 1.807) is 13.8 Å². The zero-order chi connectivity index (χ0) is 19.4. The number of halogens is 3. The zero-order valence-corrected chi connectivity index (χ0v) is 17.8. The van der Waals surface area contributed by atoms with Crippen molar-refractivity contribution in [3.63, 3.8) is 0 Å². The molecule has 0 amide bonds. The van der Waals surface area contributed by atoms with Crippen LogP contribution in [0, 0.1) is 20.7 Å². The molecular formula is C18H15BrFIN2O3. The Morgan fingerprint density at radius 2 is 2.08 bits per heavy atom. The fourth-order valence-corrected chi connectivity index (χ4v) is 3.57. The van der Waals surface area contributed by atoms with Crippen molar-refractivity contribution in [1.82, 2.24) is 4.57 Å². The van der Waals surface area contributed by atoms with Gasteiger partial charge in [0.1, 0.15) is 5.82 Å². The van der Waals surface area contributed by atoms with E-state index in [0.717, 1.165) is 0 Å². The first-order chi connectivity index (χ1) is 12.3. The van der Waals surface area contributed by atoms with Crippen LogP contribution in [0.5, 0.6) is 0 Å². The van der Waals surface area contributed by atoms with Gasteiger partial charge in [-0.2, -0.15) is 5.26 Å². The monoisotopic (exact) mass is 532 g/mol. The molecule has 0 spiro atoms. The summed E-state index contributed by atoms with van der Waals surface area (Å²) in [4.78, 5) is 25.4. The van der Waals surface area contributed by atoms with Crippen molar-refractivity contribution in [2.24, 2.45) is 0 Å². The predicted octanol–water partition coefficient (Wildman–Crippen LogP) is 4.15. The van der Waals surface area contributed by atoms with Crippen molar-refractivity contribution in [1.29, 1.82) is 5.26 Å². The third kappa shape index (κ3) is 3.99. The molecule has 1 aromatic carbocycles. The van der Waals surface area contributed by atoms with Gasteiger partial charge in [0.2, 0.25) is 0 Å². The molecule has 26 heavy (non-hydrogen) atoms. The molecule has 0 unspecified atom stereocenters. The van der Waals surface area contributed by atoms with Crippen LogP contribution in [-0.2, 0) is 17.6 Å². The highest BCUT2D eigenvalue weighted by molar-refractivity contribution is 14.1. The molecule has 8 heteroatoms. The molecule has 0 saturated carbocycles. The summed E-state index contributed by atoms with van der Waals surface area (Å²) < 4.78 is 20.8. The molecule has 1 aromatic heterocycles. The summed E-state index contributed by atoms with van der Waals surface area (Å²) in [7, 11) is 0. The van der Waals surface area contributed by atoms with E-state index in [9.17, 15) is 14.0 Å². The molecule has 0 fully saturated rings. The molecule has 5 nitrogen and oxygen atoms in total. The number of nitriles is 1. The zero-order valence-electron chi connectivity index (χ0n) is 14.1. The van der Waals surface area contributed by atoms with Crippen molar-refractivity contribution < 1.29 is 13.9 Å². The minimum absolute atomic E-state index is 0.0739. The number of benzene rings is 1. The predicted molar refractivity (Wildman–Crippen MR) is 107 cm³/mol. The molecule has 0 aliphatic rings. The van der Waals surface area contributed by atoms with Gasteiger partial charge in [0.15, 0.2) is 0 Å². The summed E-state index contributed by atoms with van der Waals surface area (Å²) >= 11 is 5.10. The van der Waals surface area contributed by atoms with Crippen LogP contribution < -0.4 is 5.56 Å². The molecule has 0 aliphatic heterocycles. The largest absolute Gasteiger partial charge is 0.462 e. The number of nitrogens with zero attached hydrogens (tertiary/aromatic N) is 2. The second kappa shape index (κ2) is 8.77. The first kappa shape index (κ1) is 20.6. The first-order valence-electron chi connectivity index (χ1n) is 7.82. The fraction of sp³-hybridized carbons (Fsp3) is 0.278. The molecule has 0 saturated heterocycles. The highest BCUT2D eigenvalue weighted by Gasteiger charge is 2.22. The topological polar surface area (TPSA) is 72.1 Å². The Labute approximate surface area is 172 Å². The van der Waals surface area contributed by atoms with Crippen molar-refractivity contribution in [3.8, 4) is 11.8 Å². The van der Waals surface area contributed by atoms with Crippen molar-refractivity contribution in [3.05, 3.63) is 59.2 Å². The van der Waals surface area contributed by atoms with E-state index in [1.807, 2.05) is 28.7 Å². The molecule has 0 N–H and O–H groups in total. The Hall–Kier alpha value is -1.73. The summed E-state index contributed by atoms with van der Waals surface area (Å²) in [6.45, 7) is 3.63. The van der Waals surface area contributed by atoms with Crippen LogP contribution in [0.4, 0.5) is 4.39 Å². The van der Waals surface area contributed by atoms with Gasteiger partial charge in [-0.05, 0) is 69.6 Å². The number of ether oxygens (including phenoxy) is 1. The Morgan fingerprint density at radius 3 is 2.65 bits per heavy atom. The van der Waals surface area contributed by atoms with Crippen LogP contribution in [0.3, 0.4) is 0 Å². The van der Waals surface area contributed by atoms with E-state index in [0.29, 0.717) is 31.3 Å². The molecule has 2 aromatic rings. The van der Waals surface area contributed by atoms with Crippen LogP contribution in [0.25, 0.3) is 5.69 Å². The lowest BCUT2D eigenvalue weighted by atomic mass is 9.99. The third-order valence-electron chi connectivity index (χ3n) is 3.78.